The van der Waals surface area contributed by atoms with Crippen molar-refractivity contribution >= 4 is 11.8 Å². The fraction of sp³-hybridized carbons (Fsp3) is 0.900. The molecule has 3 aliphatic rings. The van der Waals surface area contributed by atoms with Crippen LogP contribution in [-0.2, 0) is 14.3 Å². The van der Waals surface area contributed by atoms with Crippen LogP contribution in [0.5, 0.6) is 0 Å². The summed E-state index contributed by atoms with van der Waals surface area (Å²) in [5, 5.41) is 15.6. The smallest absolute Gasteiger partial charge is 0.223 e. The third kappa shape index (κ3) is 6.73. The van der Waals surface area contributed by atoms with E-state index in [-0.39, 0.29) is 42.6 Å². The Labute approximate surface area is 162 Å². The van der Waals surface area contributed by atoms with Crippen molar-refractivity contribution in [1.82, 2.24) is 15.5 Å². The number of hydrogen-bond donors (Lipinski definition) is 3. The van der Waals surface area contributed by atoms with Gasteiger partial charge in [0.1, 0.15) is 6.10 Å². The Morgan fingerprint density at radius 1 is 1.07 bits per heavy atom. The highest BCUT2D eigenvalue weighted by molar-refractivity contribution is 5.81. The Bertz CT molecular complexity index is 492. The average Bonchev–Trinajstić information content (AvgIpc) is 3.53. The fourth-order valence-corrected chi connectivity index (χ4v) is 4.06. The minimum absolute atomic E-state index is 0.0265. The van der Waals surface area contributed by atoms with Crippen LogP contribution in [0.4, 0.5) is 0 Å². The molecule has 1 saturated carbocycles. The van der Waals surface area contributed by atoms with Crippen LogP contribution in [0.2, 0.25) is 0 Å². The van der Waals surface area contributed by atoms with E-state index in [0.717, 1.165) is 51.7 Å². The summed E-state index contributed by atoms with van der Waals surface area (Å²) in [6.45, 7) is 3.59. The molecule has 3 N–H and O–H groups in total. The number of ether oxygens (including phenoxy) is 1. The minimum atomic E-state index is -0.346. The molecule has 0 aromatic heterocycles. The van der Waals surface area contributed by atoms with Gasteiger partial charge in [-0.05, 0) is 58.0 Å². The molecule has 3 fully saturated rings. The molecule has 7 heteroatoms. The second kappa shape index (κ2) is 10.4. The standard InChI is InChI=1S/C20H35N3O4/c24-14-18-17(22-20(26)15-4-5-15)7-6-16(27-18)8-10-21-19(25)9-13-23-11-2-1-3-12-23/h15-18,24H,1-14H2,(H,21,25)(H,22,26)/t16-,17-,18-/m1/s1. The molecule has 1 aliphatic carbocycles. The summed E-state index contributed by atoms with van der Waals surface area (Å²) in [7, 11) is 0. The lowest BCUT2D eigenvalue weighted by Gasteiger charge is -2.36. The average molecular weight is 382 g/mol. The molecule has 3 rings (SSSR count). The van der Waals surface area contributed by atoms with Gasteiger partial charge in [0.2, 0.25) is 11.8 Å². The van der Waals surface area contributed by atoms with E-state index in [0.29, 0.717) is 13.0 Å². The number of nitrogens with one attached hydrogen (secondary N) is 2. The predicted octanol–water partition coefficient (Wildman–Crippen LogP) is 0.803. The van der Waals surface area contributed by atoms with Gasteiger partial charge in [-0.2, -0.15) is 0 Å². The van der Waals surface area contributed by atoms with Gasteiger partial charge < -0.3 is 25.4 Å². The van der Waals surface area contributed by atoms with Crippen molar-refractivity contribution in [3.05, 3.63) is 0 Å². The quantitative estimate of drug-likeness (QED) is 0.550. The zero-order valence-electron chi connectivity index (χ0n) is 16.3. The predicted molar refractivity (Wildman–Crippen MR) is 102 cm³/mol. The van der Waals surface area contributed by atoms with E-state index in [9.17, 15) is 14.7 Å². The van der Waals surface area contributed by atoms with Crippen LogP contribution in [0.25, 0.3) is 0 Å². The van der Waals surface area contributed by atoms with Crippen LogP contribution in [0.3, 0.4) is 0 Å². The van der Waals surface area contributed by atoms with Gasteiger partial charge in [0.25, 0.3) is 0 Å². The zero-order valence-corrected chi connectivity index (χ0v) is 16.3. The van der Waals surface area contributed by atoms with E-state index in [1.54, 1.807) is 0 Å². The van der Waals surface area contributed by atoms with E-state index in [1.807, 2.05) is 0 Å². The molecule has 27 heavy (non-hydrogen) atoms. The molecule has 0 aromatic carbocycles. The van der Waals surface area contributed by atoms with Gasteiger partial charge in [-0.1, -0.05) is 6.42 Å². The monoisotopic (exact) mass is 381 g/mol. The number of nitrogens with zero attached hydrogens (tertiary/aromatic N) is 1. The molecule has 0 spiro atoms. The van der Waals surface area contributed by atoms with E-state index >= 15 is 0 Å². The maximum absolute atomic E-state index is 12.0. The van der Waals surface area contributed by atoms with E-state index < -0.39 is 0 Å². The molecule has 2 heterocycles. The molecule has 154 valence electrons. The number of aliphatic hydroxyl groups is 1. The van der Waals surface area contributed by atoms with Crippen LogP contribution in [0, 0.1) is 5.92 Å². The largest absolute Gasteiger partial charge is 0.394 e. The normalized spacial score (nSPS) is 29.3. The van der Waals surface area contributed by atoms with Crippen molar-refractivity contribution in [2.24, 2.45) is 5.92 Å². The van der Waals surface area contributed by atoms with Crippen molar-refractivity contribution in [2.75, 3.05) is 32.8 Å². The summed E-state index contributed by atoms with van der Waals surface area (Å²) in [4.78, 5) is 26.3. The summed E-state index contributed by atoms with van der Waals surface area (Å²) in [5.74, 6) is 0.369. The summed E-state index contributed by atoms with van der Waals surface area (Å²) in [6.07, 6.45) is 8.39. The van der Waals surface area contributed by atoms with Gasteiger partial charge in [0, 0.05) is 25.4 Å². The number of likely N-dealkylation sites (tertiary alicyclic amines) is 1. The fourth-order valence-electron chi connectivity index (χ4n) is 4.06. The molecule has 7 nitrogen and oxygen atoms in total. The van der Waals surface area contributed by atoms with Crippen LogP contribution < -0.4 is 10.6 Å². The number of rotatable bonds is 9. The number of aliphatic hydroxyl groups excluding tert-OH is 1. The van der Waals surface area contributed by atoms with Crippen LogP contribution >= 0.6 is 0 Å². The summed E-state index contributed by atoms with van der Waals surface area (Å²) in [5.41, 5.74) is 0. The Morgan fingerprint density at radius 3 is 2.56 bits per heavy atom. The first-order chi connectivity index (χ1) is 13.2. The van der Waals surface area contributed by atoms with E-state index in [2.05, 4.69) is 15.5 Å². The third-order valence-corrected chi connectivity index (χ3v) is 5.96. The first-order valence-corrected chi connectivity index (χ1v) is 10.7. The minimum Gasteiger partial charge on any atom is -0.394 e. The van der Waals surface area contributed by atoms with E-state index in [1.165, 1.54) is 19.3 Å². The van der Waals surface area contributed by atoms with Crippen molar-refractivity contribution in [1.29, 1.82) is 0 Å². The van der Waals surface area contributed by atoms with Crippen LogP contribution in [0.1, 0.15) is 57.8 Å². The number of amides is 2. The van der Waals surface area contributed by atoms with Crippen LogP contribution in [-0.4, -0.2) is 72.9 Å². The van der Waals surface area contributed by atoms with Gasteiger partial charge in [-0.25, -0.2) is 0 Å². The SMILES string of the molecule is O=C(CCN1CCCCC1)NCC[C@H]1CC[C@@H](NC(=O)C2CC2)[C@@H](CO)O1. The topological polar surface area (TPSA) is 90.9 Å². The lowest BCUT2D eigenvalue weighted by molar-refractivity contribution is -0.130. The third-order valence-electron chi connectivity index (χ3n) is 5.96. The van der Waals surface area contributed by atoms with Gasteiger partial charge in [0.15, 0.2) is 0 Å². The number of carbonyl (C=O) groups excluding carboxylic acids is 2. The highest BCUT2D eigenvalue weighted by atomic mass is 16.5. The molecule has 2 aliphatic heterocycles. The lowest BCUT2D eigenvalue weighted by Crippen LogP contribution is -2.51. The molecule has 3 atom stereocenters. The molecule has 2 amide bonds. The Kier molecular flexibility index (Phi) is 7.91. The number of hydrogen-bond acceptors (Lipinski definition) is 5. The van der Waals surface area contributed by atoms with Gasteiger partial charge in [0.05, 0.1) is 18.8 Å². The van der Waals surface area contributed by atoms with Gasteiger partial charge in [-0.15, -0.1) is 0 Å². The molecular formula is C20H35N3O4. The maximum atomic E-state index is 12.0. The van der Waals surface area contributed by atoms with Crippen molar-refractivity contribution in [3.8, 4) is 0 Å². The molecule has 0 bridgehead atoms. The summed E-state index contributed by atoms with van der Waals surface area (Å²) < 4.78 is 5.96. The molecule has 0 aromatic rings. The zero-order chi connectivity index (χ0) is 19.1. The highest BCUT2D eigenvalue weighted by Crippen LogP contribution is 2.30. The van der Waals surface area contributed by atoms with Crippen molar-refractivity contribution in [3.63, 3.8) is 0 Å². The second-order valence-electron chi connectivity index (χ2n) is 8.24. The van der Waals surface area contributed by atoms with Gasteiger partial charge in [-0.3, -0.25) is 9.59 Å². The number of carbonyl (C=O) groups is 2. The Balaban J connectivity index is 1.29. The van der Waals surface area contributed by atoms with Crippen LogP contribution in [0.15, 0.2) is 0 Å². The Hall–Kier alpha value is -1.18. The summed E-state index contributed by atoms with van der Waals surface area (Å²) >= 11 is 0. The lowest BCUT2D eigenvalue weighted by atomic mass is 9.97. The first kappa shape index (κ1) is 20.6. The molecule has 2 saturated heterocycles. The second-order valence-corrected chi connectivity index (χ2v) is 8.24. The Morgan fingerprint density at radius 2 is 1.85 bits per heavy atom. The summed E-state index contributed by atoms with van der Waals surface area (Å²) in [6, 6.07) is -0.0986. The maximum Gasteiger partial charge on any atom is 0.223 e. The first-order valence-electron chi connectivity index (χ1n) is 10.7. The van der Waals surface area contributed by atoms with E-state index in [4.69, 9.17) is 4.74 Å². The van der Waals surface area contributed by atoms with Crippen molar-refractivity contribution < 1.29 is 19.4 Å². The molecule has 0 unspecified atom stereocenters. The highest BCUT2D eigenvalue weighted by Gasteiger charge is 2.36. The molecule has 0 radical (unpaired) electrons. The number of piperidine rings is 1. The molecular weight excluding hydrogens is 346 g/mol. The van der Waals surface area contributed by atoms with Crippen molar-refractivity contribution in [2.45, 2.75) is 76.0 Å². The van der Waals surface area contributed by atoms with Gasteiger partial charge >= 0.3 is 0 Å².